The number of methoxy groups -OCH3 is 2. The summed E-state index contributed by atoms with van der Waals surface area (Å²) < 4.78 is 13.1. The summed E-state index contributed by atoms with van der Waals surface area (Å²) in [4.78, 5) is 16.1. The average molecular weight is 471 g/mol. The van der Waals surface area contributed by atoms with E-state index in [2.05, 4.69) is 15.2 Å². The molecule has 34 heavy (non-hydrogen) atoms. The molecule has 0 aliphatic heterocycles. The van der Waals surface area contributed by atoms with Gasteiger partial charge in [0.25, 0.3) is 0 Å². The van der Waals surface area contributed by atoms with Crippen LogP contribution in [-0.2, 0) is 0 Å². The second-order valence-corrected chi connectivity index (χ2v) is 8.45. The third kappa shape index (κ3) is 4.04. The molecule has 170 valence electrons. The molecule has 5 aromatic rings. The Morgan fingerprint density at radius 1 is 0.971 bits per heavy atom. The van der Waals surface area contributed by atoms with Gasteiger partial charge in [0.15, 0.2) is 16.8 Å². The van der Waals surface area contributed by atoms with Crippen molar-refractivity contribution in [2.75, 3.05) is 20.0 Å². The van der Waals surface area contributed by atoms with Gasteiger partial charge in [0.1, 0.15) is 11.5 Å². The van der Waals surface area contributed by atoms with Crippen molar-refractivity contribution < 1.29 is 14.3 Å². The van der Waals surface area contributed by atoms with Gasteiger partial charge in [-0.15, -0.1) is 10.2 Å². The van der Waals surface area contributed by atoms with Gasteiger partial charge in [-0.3, -0.25) is 9.36 Å². The maximum absolute atomic E-state index is 12.8. The molecule has 0 amide bonds. The second-order valence-electron chi connectivity index (χ2n) is 7.51. The largest absolute Gasteiger partial charge is 0.497 e. The molecule has 2 heterocycles. The first-order valence-corrected chi connectivity index (χ1v) is 11.6. The van der Waals surface area contributed by atoms with Crippen molar-refractivity contribution >= 4 is 28.4 Å². The fraction of sp³-hybridized carbons (Fsp3) is 0.115. The number of Topliss-reactive ketones (excluding diaryl/α,β-unsaturated/α-hetero) is 1. The number of hydrogen-bond acceptors (Lipinski definition) is 6. The number of nitrogens with one attached hydrogen (secondary N) is 1. The minimum absolute atomic E-state index is 0.0198. The number of aromatic amines is 1. The summed E-state index contributed by atoms with van der Waals surface area (Å²) in [5, 5.41) is 10.6. The Morgan fingerprint density at radius 3 is 2.56 bits per heavy atom. The average Bonchev–Trinajstić information content (AvgIpc) is 3.51. The molecule has 1 N–H and O–H groups in total. The molecule has 0 saturated heterocycles. The van der Waals surface area contributed by atoms with Crippen LogP contribution in [0.3, 0.4) is 0 Å². The van der Waals surface area contributed by atoms with Crippen molar-refractivity contribution in [3.8, 4) is 28.6 Å². The third-order valence-corrected chi connectivity index (χ3v) is 6.45. The Labute approximate surface area is 200 Å². The highest BCUT2D eigenvalue weighted by atomic mass is 32.2. The van der Waals surface area contributed by atoms with E-state index in [1.807, 2.05) is 83.6 Å². The number of rotatable bonds is 8. The van der Waals surface area contributed by atoms with Crippen molar-refractivity contribution in [3.63, 3.8) is 0 Å². The van der Waals surface area contributed by atoms with Crippen LogP contribution in [-0.4, -0.2) is 45.5 Å². The maximum atomic E-state index is 12.8. The van der Waals surface area contributed by atoms with Crippen molar-refractivity contribution in [3.05, 3.63) is 84.6 Å². The predicted octanol–water partition coefficient (Wildman–Crippen LogP) is 5.41. The molecule has 0 unspecified atom stereocenters. The molecular formula is C26H22N4O3S. The highest BCUT2D eigenvalue weighted by molar-refractivity contribution is 7.99. The standard InChI is InChI=1S/C26H22N4O3S/c1-32-18-12-13-24(33-2)22(14-18)30-25(20-15-27-21-11-7-6-10-19(20)21)28-29-26(30)34-16-23(31)17-8-4-3-5-9-17/h3-15,27H,16H2,1-2H3. The van der Waals surface area contributed by atoms with Crippen molar-refractivity contribution in [2.24, 2.45) is 0 Å². The number of nitrogens with zero attached hydrogens (tertiary/aromatic N) is 3. The lowest BCUT2D eigenvalue weighted by Gasteiger charge is -2.15. The molecule has 0 radical (unpaired) electrons. The smallest absolute Gasteiger partial charge is 0.196 e. The third-order valence-electron chi connectivity index (χ3n) is 5.52. The van der Waals surface area contributed by atoms with Gasteiger partial charge in [-0.2, -0.15) is 0 Å². The highest BCUT2D eigenvalue weighted by Gasteiger charge is 2.22. The van der Waals surface area contributed by atoms with Crippen LogP contribution in [0.5, 0.6) is 11.5 Å². The zero-order chi connectivity index (χ0) is 23.5. The van der Waals surface area contributed by atoms with Crippen LogP contribution < -0.4 is 9.47 Å². The lowest BCUT2D eigenvalue weighted by molar-refractivity contribution is 0.102. The van der Waals surface area contributed by atoms with Gasteiger partial charge in [-0.1, -0.05) is 60.3 Å². The van der Waals surface area contributed by atoms with Crippen molar-refractivity contribution in [2.45, 2.75) is 5.16 Å². The number of H-pyrrole nitrogens is 1. The molecule has 0 aliphatic rings. The maximum Gasteiger partial charge on any atom is 0.196 e. The van der Waals surface area contributed by atoms with Crippen LogP contribution in [0.25, 0.3) is 28.0 Å². The van der Waals surface area contributed by atoms with E-state index < -0.39 is 0 Å². The second kappa shape index (κ2) is 9.44. The molecule has 3 aromatic carbocycles. The summed E-state index contributed by atoms with van der Waals surface area (Å²) in [6, 6.07) is 22.8. The summed E-state index contributed by atoms with van der Waals surface area (Å²) in [5.74, 6) is 2.19. The number of para-hydroxylation sites is 1. The number of carbonyl (C=O) groups excluding carboxylic acids is 1. The van der Waals surface area contributed by atoms with Crippen LogP contribution in [0, 0.1) is 0 Å². The lowest BCUT2D eigenvalue weighted by atomic mass is 10.1. The van der Waals surface area contributed by atoms with E-state index in [-0.39, 0.29) is 11.5 Å². The number of ether oxygens (including phenoxy) is 2. The molecular weight excluding hydrogens is 448 g/mol. The van der Waals surface area contributed by atoms with Crippen LogP contribution in [0.2, 0.25) is 0 Å². The topological polar surface area (TPSA) is 82.0 Å². The summed E-state index contributed by atoms with van der Waals surface area (Å²) in [6.45, 7) is 0. The molecule has 0 bridgehead atoms. The first-order valence-electron chi connectivity index (χ1n) is 10.6. The zero-order valence-corrected chi connectivity index (χ0v) is 19.5. The molecule has 2 aromatic heterocycles. The van der Waals surface area contributed by atoms with Crippen LogP contribution in [0.1, 0.15) is 10.4 Å². The van der Waals surface area contributed by atoms with Gasteiger partial charge in [0, 0.05) is 34.3 Å². The number of fused-ring (bicyclic) bond motifs is 1. The first-order chi connectivity index (χ1) is 16.7. The van der Waals surface area contributed by atoms with Gasteiger partial charge >= 0.3 is 0 Å². The fourth-order valence-corrected chi connectivity index (χ4v) is 4.66. The van der Waals surface area contributed by atoms with Gasteiger partial charge < -0.3 is 14.5 Å². The van der Waals surface area contributed by atoms with E-state index in [0.717, 1.165) is 22.2 Å². The first kappa shape index (κ1) is 21.8. The summed E-state index contributed by atoms with van der Waals surface area (Å²) in [6.07, 6.45) is 1.92. The highest BCUT2D eigenvalue weighted by Crippen LogP contribution is 2.37. The van der Waals surface area contributed by atoms with Crippen LogP contribution >= 0.6 is 11.8 Å². The summed E-state index contributed by atoms with van der Waals surface area (Å²) in [5.41, 5.74) is 3.28. The lowest BCUT2D eigenvalue weighted by Crippen LogP contribution is -2.06. The summed E-state index contributed by atoms with van der Waals surface area (Å²) in [7, 11) is 3.24. The van der Waals surface area contributed by atoms with E-state index in [9.17, 15) is 4.79 Å². The van der Waals surface area contributed by atoms with Gasteiger partial charge in [0.2, 0.25) is 0 Å². The monoisotopic (exact) mass is 470 g/mol. The Bertz CT molecular complexity index is 1460. The normalized spacial score (nSPS) is 11.0. The SMILES string of the molecule is COc1ccc(OC)c(-n2c(SCC(=O)c3ccccc3)nnc2-c2c[nH]c3ccccc23)c1. The minimum Gasteiger partial charge on any atom is -0.497 e. The molecule has 7 nitrogen and oxygen atoms in total. The fourth-order valence-electron chi connectivity index (χ4n) is 3.82. The molecule has 0 fully saturated rings. The summed E-state index contributed by atoms with van der Waals surface area (Å²) >= 11 is 1.33. The molecule has 8 heteroatoms. The van der Waals surface area contributed by atoms with E-state index in [1.165, 1.54) is 11.8 Å². The van der Waals surface area contributed by atoms with Crippen molar-refractivity contribution in [1.82, 2.24) is 19.7 Å². The number of benzene rings is 3. The molecule has 0 spiro atoms. The number of thioether (sulfide) groups is 1. The quantitative estimate of drug-likeness (QED) is 0.241. The molecule has 0 atom stereocenters. The van der Waals surface area contributed by atoms with E-state index in [0.29, 0.717) is 28.0 Å². The van der Waals surface area contributed by atoms with Crippen LogP contribution in [0.15, 0.2) is 84.1 Å². The molecule has 0 saturated carbocycles. The van der Waals surface area contributed by atoms with E-state index >= 15 is 0 Å². The Balaban J connectivity index is 1.62. The Hall–Kier alpha value is -4.04. The predicted molar refractivity (Wildman–Crippen MR) is 133 cm³/mol. The minimum atomic E-state index is 0.0198. The number of carbonyl (C=O) groups is 1. The van der Waals surface area contributed by atoms with Gasteiger partial charge in [-0.25, -0.2) is 0 Å². The number of hydrogen-bond donors (Lipinski definition) is 1. The Morgan fingerprint density at radius 2 is 1.76 bits per heavy atom. The zero-order valence-electron chi connectivity index (χ0n) is 18.7. The van der Waals surface area contributed by atoms with E-state index in [4.69, 9.17) is 9.47 Å². The van der Waals surface area contributed by atoms with Gasteiger partial charge in [-0.05, 0) is 18.2 Å². The number of ketones is 1. The number of aromatic nitrogens is 4. The van der Waals surface area contributed by atoms with Gasteiger partial charge in [0.05, 0.1) is 25.7 Å². The Kier molecular flexibility index (Phi) is 6.05. The van der Waals surface area contributed by atoms with Crippen LogP contribution in [0.4, 0.5) is 0 Å². The van der Waals surface area contributed by atoms with Crippen molar-refractivity contribution in [1.29, 1.82) is 0 Å². The van der Waals surface area contributed by atoms with E-state index in [1.54, 1.807) is 14.2 Å². The molecule has 5 rings (SSSR count). The molecule has 0 aliphatic carbocycles.